The summed E-state index contributed by atoms with van der Waals surface area (Å²) in [6.07, 6.45) is 4.82. The van der Waals surface area contributed by atoms with Gasteiger partial charge in [0.05, 0.1) is 13.3 Å². The molecule has 0 atom stereocenters. The number of rotatable bonds is 5. The van der Waals surface area contributed by atoms with Gasteiger partial charge in [-0.2, -0.15) is 0 Å². The maximum atomic E-state index is 12.7. The first-order chi connectivity index (χ1) is 13.6. The predicted octanol–water partition coefficient (Wildman–Crippen LogP) is 2.04. The molecule has 2 aliphatic rings. The zero-order valence-corrected chi connectivity index (χ0v) is 16.4. The first-order valence-electron chi connectivity index (χ1n) is 9.98. The number of likely N-dealkylation sites (tertiary alicyclic amines) is 1. The number of carbonyl (C=O) groups excluding carboxylic acids is 1. The number of carbonyl (C=O) groups is 1. The average molecular weight is 381 g/mol. The van der Waals surface area contributed by atoms with Gasteiger partial charge in [0, 0.05) is 44.5 Å². The highest BCUT2D eigenvalue weighted by molar-refractivity contribution is 5.76. The summed E-state index contributed by atoms with van der Waals surface area (Å²) in [5.41, 5.74) is 3.46. The van der Waals surface area contributed by atoms with Gasteiger partial charge >= 0.3 is 0 Å². The van der Waals surface area contributed by atoms with Crippen molar-refractivity contribution >= 4 is 5.91 Å². The number of pyridine rings is 1. The van der Waals surface area contributed by atoms with E-state index < -0.39 is 0 Å². The molecule has 2 aromatic rings. The topological polar surface area (TPSA) is 54.8 Å². The van der Waals surface area contributed by atoms with Crippen molar-refractivity contribution in [1.82, 2.24) is 14.4 Å². The van der Waals surface area contributed by atoms with Gasteiger partial charge in [-0.05, 0) is 30.4 Å². The molecule has 0 N–H and O–H groups in total. The fraction of sp³-hybridized carbons (Fsp3) is 0.455. The summed E-state index contributed by atoms with van der Waals surface area (Å²) in [5.74, 6) is 0.385. The van der Waals surface area contributed by atoms with Crippen molar-refractivity contribution in [3.63, 3.8) is 0 Å². The Morgan fingerprint density at radius 2 is 1.86 bits per heavy atom. The number of benzene rings is 1. The van der Waals surface area contributed by atoms with E-state index in [4.69, 9.17) is 4.74 Å². The van der Waals surface area contributed by atoms with Gasteiger partial charge in [0.2, 0.25) is 11.3 Å². The molecule has 0 spiro atoms. The smallest absolute Gasteiger partial charge is 0.242 e. The Morgan fingerprint density at radius 1 is 1.11 bits per heavy atom. The van der Waals surface area contributed by atoms with Crippen molar-refractivity contribution in [3.8, 4) is 5.75 Å². The molecular weight excluding hydrogens is 354 g/mol. The van der Waals surface area contributed by atoms with Crippen molar-refractivity contribution in [2.75, 3.05) is 26.7 Å². The second kappa shape index (κ2) is 8.19. The van der Waals surface area contributed by atoms with E-state index in [0.717, 1.165) is 51.1 Å². The Bertz CT molecular complexity index is 915. The highest BCUT2D eigenvalue weighted by Gasteiger charge is 2.21. The number of fused-ring (bicyclic) bond motifs is 1. The van der Waals surface area contributed by atoms with Gasteiger partial charge < -0.3 is 14.2 Å². The van der Waals surface area contributed by atoms with Gasteiger partial charge in [-0.15, -0.1) is 0 Å². The van der Waals surface area contributed by atoms with E-state index >= 15 is 0 Å². The van der Waals surface area contributed by atoms with Crippen LogP contribution in [0.5, 0.6) is 5.75 Å². The molecule has 1 fully saturated rings. The van der Waals surface area contributed by atoms with Gasteiger partial charge in [-0.1, -0.05) is 24.3 Å². The minimum absolute atomic E-state index is 0.105. The van der Waals surface area contributed by atoms with Crippen LogP contribution in [0.4, 0.5) is 0 Å². The Labute approximate surface area is 165 Å². The molecule has 1 aromatic carbocycles. The number of methoxy groups -OCH3 is 1. The van der Waals surface area contributed by atoms with Crippen LogP contribution in [-0.2, 0) is 30.8 Å². The summed E-state index contributed by atoms with van der Waals surface area (Å²) < 4.78 is 7.10. The first-order valence-corrected chi connectivity index (χ1v) is 9.98. The van der Waals surface area contributed by atoms with Crippen LogP contribution in [0.2, 0.25) is 0 Å². The molecule has 0 bridgehead atoms. The van der Waals surface area contributed by atoms with Crippen molar-refractivity contribution in [3.05, 3.63) is 63.6 Å². The molecule has 2 aliphatic heterocycles. The lowest BCUT2D eigenvalue weighted by Gasteiger charge is -2.30. The van der Waals surface area contributed by atoms with E-state index in [1.54, 1.807) is 12.3 Å². The largest absolute Gasteiger partial charge is 0.491 e. The molecule has 3 heterocycles. The number of hydrogen-bond donors (Lipinski definition) is 0. The molecule has 4 rings (SSSR count). The molecule has 28 heavy (non-hydrogen) atoms. The SMILES string of the molecule is COc1cn(CC(=O)N2CCCC2)c(CN2CCc3ccccc3C2)cc1=O. The Morgan fingerprint density at radius 3 is 2.61 bits per heavy atom. The number of aromatic nitrogens is 1. The lowest BCUT2D eigenvalue weighted by atomic mass is 10.00. The van der Waals surface area contributed by atoms with Crippen LogP contribution in [-0.4, -0.2) is 47.0 Å². The quantitative estimate of drug-likeness (QED) is 0.795. The molecule has 0 unspecified atom stereocenters. The normalized spacial score (nSPS) is 16.8. The number of nitrogens with zero attached hydrogens (tertiary/aromatic N) is 3. The number of hydrogen-bond acceptors (Lipinski definition) is 4. The highest BCUT2D eigenvalue weighted by atomic mass is 16.5. The molecular formula is C22H27N3O3. The molecule has 1 amide bonds. The minimum atomic E-state index is -0.139. The van der Waals surface area contributed by atoms with Crippen LogP contribution in [0.25, 0.3) is 0 Å². The van der Waals surface area contributed by atoms with Gasteiger partial charge in [-0.3, -0.25) is 14.5 Å². The van der Waals surface area contributed by atoms with E-state index in [2.05, 4.69) is 29.2 Å². The third-order valence-corrected chi connectivity index (χ3v) is 5.76. The van der Waals surface area contributed by atoms with Crippen LogP contribution in [0.1, 0.15) is 29.7 Å². The van der Waals surface area contributed by atoms with E-state index in [1.165, 1.54) is 18.2 Å². The van der Waals surface area contributed by atoms with Gasteiger partial charge in [0.15, 0.2) is 5.75 Å². The molecule has 1 saturated heterocycles. The van der Waals surface area contributed by atoms with Crippen LogP contribution in [0.15, 0.2) is 41.3 Å². The highest BCUT2D eigenvalue weighted by Crippen LogP contribution is 2.21. The lowest BCUT2D eigenvalue weighted by molar-refractivity contribution is -0.130. The summed E-state index contributed by atoms with van der Waals surface area (Å²) in [4.78, 5) is 29.3. The molecule has 6 heteroatoms. The third kappa shape index (κ3) is 3.97. The standard InChI is InChI=1S/C22H27N3O3/c1-28-21-15-25(16-22(27)24-9-4-5-10-24)19(12-20(21)26)14-23-11-8-17-6-2-3-7-18(17)13-23/h2-3,6-7,12,15H,4-5,8-11,13-14,16H2,1H3. The Balaban J connectivity index is 1.56. The van der Waals surface area contributed by atoms with Crippen LogP contribution < -0.4 is 10.2 Å². The molecule has 0 saturated carbocycles. The summed E-state index contributed by atoms with van der Waals surface area (Å²) in [6, 6.07) is 10.1. The molecule has 6 nitrogen and oxygen atoms in total. The Kier molecular flexibility index (Phi) is 5.48. The summed E-state index contributed by atoms with van der Waals surface area (Å²) in [7, 11) is 1.49. The average Bonchev–Trinajstić information content (AvgIpc) is 3.25. The van der Waals surface area contributed by atoms with E-state index in [9.17, 15) is 9.59 Å². The zero-order valence-electron chi connectivity index (χ0n) is 16.4. The van der Waals surface area contributed by atoms with Crippen molar-refractivity contribution in [2.24, 2.45) is 0 Å². The number of ether oxygens (including phenoxy) is 1. The van der Waals surface area contributed by atoms with Gasteiger partial charge in [0.25, 0.3) is 0 Å². The maximum absolute atomic E-state index is 12.7. The van der Waals surface area contributed by atoms with Gasteiger partial charge in [-0.25, -0.2) is 0 Å². The van der Waals surface area contributed by atoms with Crippen molar-refractivity contribution < 1.29 is 9.53 Å². The maximum Gasteiger partial charge on any atom is 0.242 e. The van der Waals surface area contributed by atoms with Crippen LogP contribution in [0, 0.1) is 0 Å². The first kappa shape index (κ1) is 18.7. The van der Waals surface area contributed by atoms with Crippen LogP contribution >= 0.6 is 0 Å². The minimum Gasteiger partial charge on any atom is -0.491 e. The fourth-order valence-electron chi connectivity index (χ4n) is 4.16. The predicted molar refractivity (Wildman–Crippen MR) is 107 cm³/mol. The van der Waals surface area contributed by atoms with E-state index in [1.807, 2.05) is 9.47 Å². The fourth-order valence-corrected chi connectivity index (χ4v) is 4.16. The van der Waals surface area contributed by atoms with Crippen molar-refractivity contribution in [1.29, 1.82) is 0 Å². The third-order valence-electron chi connectivity index (χ3n) is 5.76. The summed E-state index contributed by atoms with van der Waals surface area (Å²) in [6.45, 7) is 4.34. The number of amides is 1. The van der Waals surface area contributed by atoms with E-state index in [0.29, 0.717) is 6.54 Å². The van der Waals surface area contributed by atoms with E-state index in [-0.39, 0.29) is 23.6 Å². The Hall–Kier alpha value is -2.60. The molecule has 0 radical (unpaired) electrons. The summed E-state index contributed by atoms with van der Waals surface area (Å²) in [5, 5.41) is 0. The second-order valence-electron chi connectivity index (χ2n) is 7.64. The monoisotopic (exact) mass is 381 g/mol. The second-order valence-corrected chi connectivity index (χ2v) is 7.64. The van der Waals surface area contributed by atoms with Crippen molar-refractivity contribution in [2.45, 2.75) is 38.9 Å². The van der Waals surface area contributed by atoms with Gasteiger partial charge in [0.1, 0.15) is 6.54 Å². The molecule has 0 aliphatic carbocycles. The molecule has 1 aromatic heterocycles. The summed E-state index contributed by atoms with van der Waals surface area (Å²) >= 11 is 0. The molecule has 148 valence electrons. The zero-order chi connectivity index (χ0) is 19.5. The van der Waals surface area contributed by atoms with Crippen LogP contribution in [0.3, 0.4) is 0 Å². The lowest BCUT2D eigenvalue weighted by Crippen LogP contribution is -2.34.